The van der Waals surface area contributed by atoms with Gasteiger partial charge in [-0.1, -0.05) is 0 Å². The minimum Gasteiger partial charge on any atom is -0.379 e. The molecule has 2 aliphatic rings. The lowest BCUT2D eigenvalue weighted by molar-refractivity contribution is -0.463. The van der Waals surface area contributed by atoms with E-state index < -0.39 is 0 Å². The Morgan fingerprint density at radius 1 is 1.04 bits per heavy atom. The maximum absolute atomic E-state index is 10.8. The highest BCUT2D eigenvalue weighted by molar-refractivity contribution is 5.83. The first kappa shape index (κ1) is 18.1. The molecule has 0 aliphatic carbocycles. The second-order valence-electron chi connectivity index (χ2n) is 5.65. The summed E-state index contributed by atoms with van der Waals surface area (Å²) in [5.41, 5.74) is 0. The monoisotopic (exact) mass is 329 g/mol. The Morgan fingerprint density at radius 3 is 2.17 bits per heavy atom. The Morgan fingerprint density at radius 2 is 1.61 bits per heavy atom. The van der Waals surface area contributed by atoms with Gasteiger partial charge in [0.05, 0.1) is 33.0 Å². The molecular formula is C14H27N5O4. The number of morpholine rings is 2. The van der Waals surface area contributed by atoms with E-state index in [0.29, 0.717) is 18.9 Å². The van der Waals surface area contributed by atoms with Gasteiger partial charge in [0.25, 0.3) is 6.54 Å². The molecule has 9 heteroatoms. The van der Waals surface area contributed by atoms with Crippen LogP contribution in [0.5, 0.6) is 0 Å². The van der Waals surface area contributed by atoms with E-state index >= 15 is 0 Å². The largest absolute Gasteiger partial charge is 0.379 e. The zero-order chi connectivity index (χ0) is 16.3. The molecule has 0 bridgehead atoms. The molecule has 9 nitrogen and oxygen atoms in total. The van der Waals surface area contributed by atoms with E-state index in [1.165, 1.54) is 0 Å². The minimum atomic E-state index is -0.338. The maximum Gasteiger partial charge on any atom is 0.259 e. The number of amidine groups is 1. The topological polar surface area (TPSA) is 92.5 Å². The number of hydrogen-bond acceptors (Lipinski definition) is 7. The van der Waals surface area contributed by atoms with Gasteiger partial charge < -0.3 is 14.8 Å². The summed E-state index contributed by atoms with van der Waals surface area (Å²) < 4.78 is 10.6. The third kappa shape index (κ3) is 7.69. The summed E-state index contributed by atoms with van der Waals surface area (Å²) in [5, 5.41) is 13.9. The number of nitrogens with zero attached hydrogens (tertiary/aromatic N) is 4. The molecule has 2 aliphatic heterocycles. The van der Waals surface area contributed by atoms with Crippen LogP contribution >= 0.6 is 0 Å². The van der Waals surface area contributed by atoms with Crippen molar-refractivity contribution in [1.29, 1.82) is 0 Å². The highest BCUT2D eigenvalue weighted by atomic mass is 16.6. The smallest absolute Gasteiger partial charge is 0.259 e. The summed E-state index contributed by atoms with van der Waals surface area (Å²) in [6.07, 6.45) is 0. The van der Waals surface area contributed by atoms with E-state index in [1.807, 2.05) is 0 Å². The lowest BCUT2D eigenvalue weighted by atomic mass is 10.4. The molecule has 0 atom stereocenters. The SMILES string of the molecule is O=[N+]([O-])CC(=NCCN1CCOCC1)NCCN1CCOCC1. The zero-order valence-electron chi connectivity index (χ0n) is 13.6. The lowest BCUT2D eigenvalue weighted by Gasteiger charge is -2.26. The molecule has 132 valence electrons. The van der Waals surface area contributed by atoms with Gasteiger partial charge in [0.15, 0.2) is 5.84 Å². The van der Waals surface area contributed by atoms with Gasteiger partial charge in [-0.2, -0.15) is 0 Å². The second-order valence-corrected chi connectivity index (χ2v) is 5.65. The van der Waals surface area contributed by atoms with E-state index in [0.717, 1.165) is 65.7 Å². The van der Waals surface area contributed by atoms with E-state index in [-0.39, 0.29) is 11.5 Å². The Kier molecular flexibility index (Phi) is 8.23. The second kappa shape index (κ2) is 10.5. The van der Waals surface area contributed by atoms with E-state index in [2.05, 4.69) is 20.1 Å². The standard InChI is InChI=1S/C14H27N5O4/c20-19(21)13-14(15-1-3-17-5-9-22-10-6-17)16-2-4-18-7-11-23-12-8-18/h1-13H2,(H,15,16). The third-order valence-electron chi connectivity index (χ3n) is 3.96. The van der Waals surface area contributed by atoms with Gasteiger partial charge in [0, 0.05) is 50.7 Å². The molecule has 0 amide bonds. The van der Waals surface area contributed by atoms with Gasteiger partial charge in [-0.15, -0.1) is 0 Å². The summed E-state index contributed by atoms with van der Waals surface area (Å²) in [6.45, 7) is 9.34. The van der Waals surface area contributed by atoms with Gasteiger partial charge in [-0.05, 0) is 0 Å². The van der Waals surface area contributed by atoms with Gasteiger partial charge in [-0.3, -0.25) is 24.9 Å². The molecule has 0 aromatic rings. The zero-order valence-corrected chi connectivity index (χ0v) is 13.6. The van der Waals surface area contributed by atoms with Gasteiger partial charge in [0.1, 0.15) is 0 Å². The van der Waals surface area contributed by atoms with Crippen molar-refractivity contribution in [2.75, 3.05) is 85.3 Å². The molecule has 2 saturated heterocycles. The Hall–Kier alpha value is -1.29. The fourth-order valence-electron chi connectivity index (χ4n) is 2.62. The molecule has 0 spiro atoms. The van der Waals surface area contributed by atoms with Crippen LogP contribution in [0.2, 0.25) is 0 Å². The Bertz CT molecular complexity index is 381. The molecular weight excluding hydrogens is 302 g/mol. The number of aliphatic imine (C=N–C) groups is 1. The van der Waals surface area contributed by atoms with Crippen molar-refractivity contribution in [3.8, 4) is 0 Å². The van der Waals surface area contributed by atoms with Crippen molar-refractivity contribution in [1.82, 2.24) is 15.1 Å². The van der Waals surface area contributed by atoms with Gasteiger partial charge in [-0.25, -0.2) is 0 Å². The number of nitrogens with one attached hydrogen (secondary N) is 1. The molecule has 0 saturated carbocycles. The number of ether oxygens (including phenoxy) is 2. The average Bonchev–Trinajstić information content (AvgIpc) is 2.56. The van der Waals surface area contributed by atoms with Crippen LogP contribution < -0.4 is 5.32 Å². The molecule has 2 fully saturated rings. The van der Waals surface area contributed by atoms with Gasteiger partial charge in [0.2, 0.25) is 0 Å². The first-order chi connectivity index (χ1) is 11.2. The normalized spacial score (nSPS) is 21.3. The fraction of sp³-hybridized carbons (Fsp3) is 0.929. The quantitative estimate of drug-likeness (QED) is 0.262. The van der Waals surface area contributed by atoms with E-state index in [4.69, 9.17) is 9.47 Å². The predicted molar refractivity (Wildman–Crippen MR) is 86.7 cm³/mol. The molecule has 0 aromatic heterocycles. The van der Waals surface area contributed by atoms with Crippen LogP contribution in [-0.4, -0.2) is 106 Å². The maximum atomic E-state index is 10.8. The summed E-state index contributed by atoms with van der Waals surface area (Å²) in [5.74, 6) is 0.469. The molecule has 2 rings (SSSR count). The van der Waals surface area contributed by atoms with Crippen LogP contribution in [0.4, 0.5) is 0 Å². The molecule has 2 heterocycles. The molecule has 23 heavy (non-hydrogen) atoms. The van der Waals surface area contributed by atoms with Crippen LogP contribution in [0.1, 0.15) is 0 Å². The highest BCUT2D eigenvalue weighted by Crippen LogP contribution is 1.97. The summed E-state index contributed by atoms with van der Waals surface area (Å²) in [4.78, 5) is 19.4. The summed E-state index contributed by atoms with van der Waals surface area (Å²) in [7, 11) is 0. The predicted octanol–water partition coefficient (Wildman–Crippen LogP) is -1.08. The van der Waals surface area contributed by atoms with Crippen molar-refractivity contribution in [2.24, 2.45) is 4.99 Å². The number of rotatable bonds is 8. The van der Waals surface area contributed by atoms with Gasteiger partial charge >= 0.3 is 0 Å². The Balaban J connectivity index is 1.68. The van der Waals surface area contributed by atoms with Crippen LogP contribution in [-0.2, 0) is 9.47 Å². The molecule has 0 aromatic carbocycles. The first-order valence-electron chi connectivity index (χ1n) is 8.23. The average molecular weight is 329 g/mol. The van der Waals surface area contributed by atoms with Crippen molar-refractivity contribution < 1.29 is 14.4 Å². The van der Waals surface area contributed by atoms with E-state index in [1.54, 1.807) is 0 Å². The fourth-order valence-corrected chi connectivity index (χ4v) is 2.62. The van der Waals surface area contributed by atoms with Crippen LogP contribution in [0.3, 0.4) is 0 Å². The lowest BCUT2D eigenvalue weighted by Crippen LogP contribution is -2.42. The minimum absolute atomic E-state index is 0.244. The number of nitro groups is 1. The first-order valence-corrected chi connectivity index (χ1v) is 8.23. The van der Waals surface area contributed by atoms with Crippen molar-refractivity contribution in [3.63, 3.8) is 0 Å². The van der Waals surface area contributed by atoms with E-state index in [9.17, 15) is 10.1 Å². The molecule has 0 radical (unpaired) electrons. The highest BCUT2D eigenvalue weighted by Gasteiger charge is 2.12. The van der Waals surface area contributed by atoms with Crippen molar-refractivity contribution in [2.45, 2.75) is 0 Å². The van der Waals surface area contributed by atoms with Crippen LogP contribution in [0, 0.1) is 10.1 Å². The summed E-state index contributed by atoms with van der Waals surface area (Å²) in [6, 6.07) is 0. The molecule has 1 N–H and O–H groups in total. The van der Waals surface area contributed by atoms with Crippen LogP contribution in [0.25, 0.3) is 0 Å². The van der Waals surface area contributed by atoms with Crippen molar-refractivity contribution in [3.05, 3.63) is 10.1 Å². The van der Waals surface area contributed by atoms with Crippen LogP contribution in [0.15, 0.2) is 4.99 Å². The Labute approximate surface area is 136 Å². The molecule has 0 unspecified atom stereocenters. The number of hydrogen-bond donors (Lipinski definition) is 1. The summed E-state index contributed by atoms with van der Waals surface area (Å²) >= 11 is 0. The third-order valence-corrected chi connectivity index (χ3v) is 3.96. The van der Waals surface area contributed by atoms with Crippen molar-refractivity contribution >= 4 is 5.84 Å².